The Morgan fingerprint density at radius 1 is 1.24 bits per heavy atom. The number of hydrogen-bond donors (Lipinski definition) is 1. The standard InChI is InChI=1S/C14H21NO2/c1-4-14(15,5-2)10-17-13-8-6-12(7-9-13)11(3)16/h6-9H,4-5,10,15H2,1-3H3. The van der Waals surface area contributed by atoms with Gasteiger partial charge in [0, 0.05) is 11.1 Å². The third-order valence-electron chi connectivity index (χ3n) is 3.20. The Kier molecular flexibility index (Phi) is 4.70. The second kappa shape index (κ2) is 5.82. The highest BCUT2D eigenvalue weighted by molar-refractivity contribution is 5.94. The summed E-state index contributed by atoms with van der Waals surface area (Å²) in [6.07, 6.45) is 1.77. The molecule has 0 aromatic heterocycles. The maximum Gasteiger partial charge on any atom is 0.159 e. The minimum atomic E-state index is -0.265. The first-order valence-corrected chi connectivity index (χ1v) is 6.03. The maximum absolute atomic E-state index is 11.1. The van der Waals surface area contributed by atoms with Gasteiger partial charge in [0.1, 0.15) is 12.4 Å². The molecule has 0 bridgehead atoms. The minimum absolute atomic E-state index is 0.0619. The van der Waals surface area contributed by atoms with Gasteiger partial charge in [-0.05, 0) is 44.0 Å². The SMILES string of the molecule is CCC(N)(CC)COc1ccc(C(C)=O)cc1. The summed E-state index contributed by atoms with van der Waals surface area (Å²) in [6, 6.07) is 7.16. The molecule has 0 unspecified atom stereocenters. The number of carbonyl (C=O) groups excluding carboxylic acids is 1. The van der Waals surface area contributed by atoms with Crippen LogP contribution in [0.25, 0.3) is 0 Å². The van der Waals surface area contributed by atoms with Crippen molar-refractivity contribution in [2.45, 2.75) is 39.2 Å². The highest BCUT2D eigenvalue weighted by Crippen LogP contribution is 2.17. The molecule has 1 aromatic carbocycles. The molecule has 0 amide bonds. The van der Waals surface area contributed by atoms with Crippen LogP contribution in [-0.4, -0.2) is 17.9 Å². The topological polar surface area (TPSA) is 52.3 Å². The zero-order valence-corrected chi connectivity index (χ0v) is 10.8. The van der Waals surface area contributed by atoms with E-state index in [9.17, 15) is 4.79 Å². The van der Waals surface area contributed by atoms with Gasteiger partial charge in [0.05, 0.1) is 0 Å². The number of nitrogens with two attached hydrogens (primary N) is 1. The summed E-state index contributed by atoms with van der Waals surface area (Å²) in [6.45, 7) is 6.17. The molecule has 0 aliphatic rings. The smallest absolute Gasteiger partial charge is 0.159 e. The van der Waals surface area contributed by atoms with E-state index in [1.165, 1.54) is 0 Å². The van der Waals surface area contributed by atoms with Crippen LogP contribution in [0.3, 0.4) is 0 Å². The van der Waals surface area contributed by atoms with Crippen molar-refractivity contribution in [1.29, 1.82) is 0 Å². The molecule has 17 heavy (non-hydrogen) atoms. The lowest BCUT2D eigenvalue weighted by Crippen LogP contribution is -2.44. The predicted octanol–water partition coefficient (Wildman–Crippen LogP) is 2.79. The Labute approximate surface area is 103 Å². The van der Waals surface area contributed by atoms with Crippen molar-refractivity contribution < 1.29 is 9.53 Å². The first-order valence-electron chi connectivity index (χ1n) is 6.03. The van der Waals surface area contributed by atoms with Crippen molar-refractivity contribution >= 4 is 5.78 Å². The summed E-state index contributed by atoms with van der Waals surface area (Å²) in [7, 11) is 0. The molecular weight excluding hydrogens is 214 g/mol. The summed E-state index contributed by atoms with van der Waals surface area (Å²) in [4.78, 5) is 11.1. The van der Waals surface area contributed by atoms with E-state index >= 15 is 0 Å². The van der Waals surface area contributed by atoms with Gasteiger partial charge in [0.15, 0.2) is 5.78 Å². The van der Waals surface area contributed by atoms with Crippen LogP contribution in [0.1, 0.15) is 44.0 Å². The second-order valence-corrected chi connectivity index (χ2v) is 4.44. The van der Waals surface area contributed by atoms with E-state index < -0.39 is 0 Å². The van der Waals surface area contributed by atoms with E-state index in [2.05, 4.69) is 13.8 Å². The largest absolute Gasteiger partial charge is 0.492 e. The molecule has 1 aromatic rings. The van der Waals surface area contributed by atoms with Crippen molar-refractivity contribution in [2.24, 2.45) is 5.73 Å². The fourth-order valence-corrected chi connectivity index (χ4v) is 1.47. The highest BCUT2D eigenvalue weighted by atomic mass is 16.5. The quantitative estimate of drug-likeness (QED) is 0.771. The van der Waals surface area contributed by atoms with Crippen molar-refractivity contribution in [3.05, 3.63) is 29.8 Å². The molecule has 94 valence electrons. The van der Waals surface area contributed by atoms with Crippen molar-refractivity contribution in [3.8, 4) is 5.75 Å². The van der Waals surface area contributed by atoms with Gasteiger partial charge in [0.25, 0.3) is 0 Å². The Morgan fingerprint density at radius 2 is 1.76 bits per heavy atom. The Hall–Kier alpha value is -1.35. The van der Waals surface area contributed by atoms with E-state index in [1.807, 2.05) is 12.1 Å². The molecule has 0 aliphatic heterocycles. The third-order valence-corrected chi connectivity index (χ3v) is 3.20. The molecule has 2 N–H and O–H groups in total. The first kappa shape index (κ1) is 13.7. The van der Waals surface area contributed by atoms with Gasteiger partial charge >= 0.3 is 0 Å². The molecule has 0 spiro atoms. The van der Waals surface area contributed by atoms with Crippen LogP contribution in [0, 0.1) is 0 Å². The number of benzene rings is 1. The zero-order chi connectivity index (χ0) is 12.9. The maximum atomic E-state index is 11.1. The predicted molar refractivity (Wildman–Crippen MR) is 69.4 cm³/mol. The van der Waals surface area contributed by atoms with Gasteiger partial charge in [-0.25, -0.2) is 0 Å². The Balaban J connectivity index is 2.61. The van der Waals surface area contributed by atoms with Crippen LogP contribution in [0.2, 0.25) is 0 Å². The van der Waals surface area contributed by atoms with Gasteiger partial charge < -0.3 is 10.5 Å². The molecule has 0 aliphatic carbocycles. The van der Waals surface area contributed by atoms with E-state index in [4.69, 9.17) is 10.5 Å². The number of Topliss-reactive ketones (excluding diaryl/α,β-unsaturated/α-hetero) is 1. The summed E-state index contributed by atoms with van der Waals surface area (Å²) in [5.41, 5.74) is 6.58. The van der Waals surface area contributed by atoms with Crippen LogP contribution in [-0.2, 0) is 0 Å². The van der Waals surface area contributed by atoms with Gasteiger partial charge in [0.2, 0.25) is 0 Å². The summed E-state index contributed by atoms with van der Waals surface area (Å²) < 4.78 is 5.65. The molecular formula is C14H21NO2. The van der Waals surface area contributed by atoms with E-state index in [0.29, 0.717) is 12.2 Å². The van der Waals surface area contributed by atoms with Gasteiger partial charge in [-0.1, -0.05) is 13.8 Å². The van der Waals surface area contributed by atoms with Gasteiger partial charge in [-0.3, -0.25) is 4.79 Å². The average Bonchev–Trinajstić information content (AvgIpc) is 2.36. The fraction of sp³-hybridized carbons (Fsp3) is 0.500. The van der Waals surface area contributed by atoms with Crippen LogP contribution >= 0.6 is 0 Å². The lowest BCUT2D eigenvalue weighted by Gasteiger charge is -2.26. The molecule has 0 fully saturated rings. The molecule has 0 radical (unpaired) electrons. The summed E-state index contributed by atoms with van der Waals surface area (Å²) in [5.74, 6) is 0.818. The average molecular weight is 235 g/mol. The number of hydrogen-bond acceptors (Lipinski definition) is 3. The van der Waals surface area contributed by atoms with Gasteiger partial charge in [-0.15, -0.1) is 0 Å². The molecule has 3 heteroatoms. The number of ketones is 1. The van der Waals surface area contributed by atoms with E-state index in [0.717, 1.165) is 18.6 Å². The first-order chi connectivity index (χ1) is 8.00. The van der Waals surface area contributed by atoms with E-state index in [-0.39, 0.29) is 11.3 Å². The van der Waals surface area contributed by atoms with Crippen molar-refractivity contribution in [3.63, 3.8) is 0 Å². The monoisotopic (exact) mass is 235 g/mol. The lowest BCUT2D eigenvalue weighted by molar-refractivity contribution is 0.101. The lowest BCUT2D eigenvalue weighted by atomic mass is 9.96. The fourth-order valence-electron chi connectivity index (χ4n) is 1.47. The number of ether oxygens (including phenoxy) is 1. The second-order valence-electron chi connectivity index (χ2n) is 4.44. The van der Waals surface area contributed by atoms with Crippen LogP contribution < -0.4 is 10.5 Å². The number of rotatable bonds is 6. The van der Waals surface area contributed by atoms with Crippen LogP contribution in [0.15, 0.2) is 24.3 Å². The Bertz CT molecular complexity index is 366. The molecule has 1 rings (SSSR count). The van der Waals surface area contributed by atoms with Crippen LogP contribution in [0.4, 0.5) is 0 Å². The zero-order valence-electron chi connectivity index (χ0n) is 10.8. The van der Waals surface area contributed by atoms with Gasteiger partial charge in [-0.2, -0.15) is 0 Å². The van der Waals surface area contributed by atoms with E-state index in [1.54, 1.807) is 19.1 Å². The summed E-state index contributed by atoms with van der Waals surface area (Å²) >= 11 is 0. The molecule has 3 nitrogen and oxygen atoms in total. The summed E-state index contributed by atoms with van der Waals surface area (Å²) in [5, 5.41) is 0. The number of carbonyl (C=O) groups is 1. The van der Waals surface area contributed by atoms with Crippen molar-refractivity contribution in [2.75, 3.05) is 6.61 Å². The minimum Gasteiger partial charge on any atom is -0.492 e. The molecule has 0 saturated heterocycles. The normalized spacial score (nSPS) is 11.3. The molecule has 0 saturated carbocycles. The van der Waals surface area contributed by atoms with Crippen molar-refractivity contribution in [1.82, 2.24) is 0 Å². The molecule has 0 atom stereocenters. The molecule has 0 heterocycles. The van der Waals surface area contributed by atoms with Crippen LogP contribution in [0.5, 0.6) is 5.75 Å². The third kappa shape index (κ3) is 3.86. The Morgan fingerprint density at radius 3 is 2.18 bits per heavy atom. The highest BCUT2D eigenvalue weighted by Gasteiger charge is 2.20.